The summed E-state index contributed by atoms with van der Waals surface area (Å²) in [7, 11) is 2.27. The Morgan fingerprint density at radius 2 is 2.22 bits per heavy atom. The van der Waals surface area contributed by atoms with Crippen molar-refractivity contribution in [1.82, 2.24) is 9.80 Å². The molecule has 0 radical (unpaired) electrons. The summed E-state index contributed by atoms with van der Waals surface area (Å²) in [4.78, 5) is 6.53. The van der Waals surface area contributed by atoms with Crippen LogP contribution < -0.4 is 5.73 Å². The predicted molar refractivity (Wildman–Crippen MR) is 79.2 cm³/mol. The van der Waals surface area contributed by atoms with E-state index in [1.165, 1.54) is 43.8 Å². The first kappa shape index (κ1) is 14.0. The van der Waals surface area contributed by atoms with Crippen molar-refractivity contribution >= 4 is 11.3 Å². The van der Waals surface area contributed by atoms with E-state index < -0.39 is 0 Å². The van der Waals surface area contributed by atoms with Gasteiger partial charge in [-0.3, -0.25) is 0 Å². The molecule has 2 rings (SSSR count). The summed E-state index contributed by atoms with van der Waals surface area (Å²) in [5.41, 5.74) is 5.60. The third kappa shape index (κ3) is 4.05. The molecule has 0 spiro atoms. The van der Waals surface area contributed by atoms with E-state index in [2.05, 4.69) is 34.4 Å². The first-order chi connectivity index (χ1) is 8.79. The average molecular weight is 267 g/mol. The van der Waals surface area contributed by atoms with Gasteiger partial charge in [-0.15, -0.1) is 11.3 Å². The Bertz CT molecular complexity index is 318. The van der Waals surface area contributed by atoms with Crippen LogP contribution >= 0.6 is 11.3 Å². The number of hydrogen-bond donors (Lipinski definition) is 1. The van der Waals surface area contributed by atoms with E-state index in [0.717, 1.165) is 19.1 Å². The van der Waals surface area contributed by atoms with Crippen LogP contribution in [0.25, 0.3) is 0 Å². The zero-order valence-corrected chi connectivity index (χ0v) is 12.2. The predicted octanol–water partition coefficient (Wildman–Crippen LogP) is 1.65. The highest BCUT2D eigenvalue weighted by Gasteiger charge is 2.21. The van der Waals surface area contributed by atoms with Crippen molar-refractivity contribution < 1.29 is 0 Å². The molecular weight excluding hydrogens is 242 g/mol. The fraction of sp³-hybridized carbons (Fsp3) is 0.714. The molecule has 0 saturated carbocycles. The van der Waals surface area contributed by atoms with Gasteiger partial charge in [0.25, 0.3) is 0 Å². The Morgan fingerprint density at radius 3 is 2.83 bits per heavy atom. The van der Waals surface area contributed by atoms with Crippen LogP contribution in [-0.4, -0.2) is 55.6 Å². The number of thiophene rings is 1. The van der Waals surface area contributed by atoms with E-state index in [4.69, 9.17) is 5.73 Å². The Labute approximate surface area is 115 Å². The van der Waals surface area contributed by atoms with Crippen molar-refractivity contribution in [3.8, 4) is 0 Å². The topological polar surface area (TPSA) is 32.5 Å². The maximum absolute atomic E-state index is 5.60. The number of hydrogen-bond acceptors (Lipinski definition) is 4. The number of likely N-dealkylation sites (tertiary alicyclic amines) is 1. The van der Waals surface area contributed by atoms with Gasteiger partial charge in [0.05, 0.1) is 0 Å². The van der Waals surface area contributed by atoms with Gasteiger partial charge in [0.1, 0.15) is 0 Å². The molecule has 3 nitrogen and oxygen atoms in total. The Kier molecular flexibility index (Phi) is 5.63. The van der Waals surface area contributed by atoms with E-state index in [1.54, 1.807) is 0 Å². The second kappa shape index (κ2) is 7.24. The molecule has 1 fully saturated rings. The monoisotopic (exact) mass is 267 g/mol. The first-order valence-electron chi connectivity index (χ1n) is 6.94. The molecule has 0 unspecified atom stereocenters. The average Bonchev–Trinajstić information content (AvgIpc) is 2.90. The van der Waals surface area contributed by atoms with Gasteiger partial charge in [0.2, 0.25) is 0 Å². The third-order valence-electron chi connectivity index (χ3n) is 3.92. The molecule has 0 aromatic carbocycles. The van der Waals surface area contributed by atoms with Crippen LogP contribution in [0.3, 0.4) is 0 Å². The number of nitrogens with zero attached hydrogens (tertiary/aromatic N) is 2. The van der Waals surface area contributed by atoms with Gasteiger partial charge in [0.15, 0.2) is 0 Å². The molecule has 1 aliphatic heterocycles. The van der Waals surface area contributed by atoms with Crippen LogP contribution in [0.5, 0.6) is 0 Å². The van der Waals surface area contributed by atoms with Crippen LogP contribution in [0.15, 0.2) is 17.5 Å². The fourth-order valence-corrected chi connectivity index (χ4v) is 3.39. The van der Waals surface area contributed by atoms with Crippen LogP contribution in [-0.2, 0) is 6.42 Å². The van der Waals surface area contributed by atoms with E-state index in [-0.39, 0.29) is 0 Å². The van der Waals surface area contributed by atoms with Crippen LogP contribution in [0.2, 0.25) is 0 Å². The number of nitrogens with two attached hydrogens (primary N) is 1. The van der Waals surface area contributed by atoms with Crippen LogP contribution in [0.4, 0.5) is 0 Å². The lowest BCUT2D eigenvalue weighted by Gasteiger charge is -2.36. The summed E-state index contributed by atoms with van der Waals surface area (Å²) in [5, 5.41) is 2.17. The first-order valence-corrected chi connectivity index (χ1v) is 7.82. The zero-order valence-electron chi connectivity index (χ0n) is 11.3. The lowest BCUT2D eigenvalue weighted by atomic mass is 10.0. The van der Waals surface area contributed by atoms with Gasteiger partial charge in [0, 0.05) is 30.6 Å². The molecule has 4 heteroatoms. The Hall–Kier alpha value is -0.420. The molecule has 1 saturated heterocycles. The summed E-state index contributed by atoms with van der Waals surface area (Å²) in [6, 6.07) is 5.15. The molecule has 18 heavy (non-hydrogen) atoms. The summed E-state index contributed by atoms with van der Waals surface area (Å²) in [6.07, 6.45) is 3.78. The highest BCUT2D eigenvalue weighted by Crippen LogP contribution is 2.16. The number of piperidine rings is 1. The highest BCUT2D eigenvalue weighted by molar-refractivity contribution is 7.09. The second-order valence-corrected chi connectivity index (χ2v) is 6.20. The van der Waals surface area contributed by atoms with Crippen molar-refractivity contribution in [3.63, 3.8) is 0 Å². The van der Waals surface area contributed by atoms with Crippen molar-refractivity contribution in [1.29, 1.82) is 0 Å². The minimum Gasteiger partial charge on any atom is -0.329 e. The zero-order chi connectivity index (χ0) is 12.8. The minimum atomic E-state index is 0.763. The molecule has 0 aliphatic carbocycles. The summed E-state index contributed by atoms with van der Waals surface area (Å²) < 4.78 is 0. The quantitative estimate of drug-likeness (QED) is 0.850. The Balaban J connectivity index is 1.69. The summed E-state index contributed by atoms with van der Waals surface area (Å²) in [5.74, 6) is 0. The lowest BCUT2D eigenvalue weighted by Crippen LogP contribution is -2.45. The van der Waals surface area contributed by atoms with Gasteiger partial charge in [-0.25, -0.2) is 0 Å². The van der Waals surface area contributed by atoms with Crippen molar-refractivity contribution in [2.24, 2.45) is 5.73 Å². The van der Waals surface area contributed by atoms with Crippen LogP contribution in [0, 0.1) is 0 Å². The largest absolute Gasteiger partial charge is 0.329 e. The standard InChI is InChI=1S/C14H25N3S/c1-16(8-6-14-3-2-12-18-14)13-4-9-17(10-5-13)11-7-15/h2-3,12-13H,4-11,15H2,1H3. The normalized spacial score (nSPS) is 18.6. The maximum Gasteiger partial charge on any atom is 0.0117 e. The molecule has 0 bridgehead atoms. The maximum atomic E-state index is 5.60. The minimum absolute atomic E-state index is 0.763. The highest BCUT2D eigenvalue weighted by atomic mass is 32.1. The number of rotatable bonds is 6. The summed E-state index contributed by atoms with van der Waals surface area (Å²) >= 11 is 1.87. The molecule has 102 valence electrons. The second-order valence-electron chi connectivity index (χ2n) is 5.17. The van der Waals surface area contributed by atoms with Gasteiger partial charge in [-0.05, 0) is 50.8 Å². The third-order valence-corrected chi connectivity index (χ3v) is 4.85. The molecule has 1 aromatic rings. The van der Waals surface area contributed by atoms with Crippen molar-refractivity contribution in [3.05, 3.63) is 22.4 Å². The van der Waals surface area contributed by atoms with E-state index in [9.17, 15) is 0 Å². The molecule has 0 amide bonds. The van der Waals surface area contributed by atoms with E-state index >= 15 is 0 Å². The fourth-order valence-electron chi connectivity index (χ4n) is 2.69. The van der Waals surface area contributed by atoms with Gasteiger partial charge in [-0.1, -0.05) is 6.07 Å². The molecule has 1 aromatic heterocycles. The van der Waals surface area contributed by atoms with Gasteiger partial charge in [-0.2, -0.15) is 0 Å². The van der Waals surface area contributed by atoms with E-state index in [1.807, 2.05) is 11.3 Å². The lowest BCUT2D eigenvalue weighted by molar-refractivity contribution is 0.131. The SMILES string of the molecule is CN(CCc1cccs1)C1CCN(CCN)CC1. The molecular formula is C14H25N3S. The summed E-state index contributed by atoms with van der Waals surface area (Å²) in [6.45, 7) is 5.46. The van der Waals surface area contributed by atoms with Crippen molar-refractivity contribution in [2.45, 2.75) is 25.3 Å². The molecule has 0 atom stereocenters. The van der Waals surface area contributed by atoms with Gasteiger partial charge >= 0.3 is 0 Å². The van der Waals surface area contributed by atoms with Gasteiger partial charge < -0.3 is 15.5 Å². The van der Waals surface area contributed by atoms with E-state index in [0.29, 0.717) is 0 Å². The van der Waals surface area contributed by atoms with Crippen molar-refractivity contribution in [2.75, 3.05) is 39.8 Å². The smallest absolute Gasteiger partial charge is 0.0117 e. The van der Waals surface area contributed by atoms with Crippen LogP contribution in [0.1, 0.15) is 17.7 Å². The Morgan fingerprint density at radius 1 is 1.44 bits per heavy atom. The molecule has 2 heterocycles. The molecule has 2 N–H and O–H groups in total. The molecule has 1 aliphatic rings. The number of likely N-dealkylation sites (N-methyl/N-ethyl adjacent to an activating group) is 1.